The number of hydrogen-bond acceptors (Lipinski definition) is 5. The van der Waals surface area contributed by atoms with Gasteiger partial charge in [-0.25, -0.2) is 4.79 Å². The second kappa shape index (κ2) is 10.6. The minimum atomic E-state index is -1.16. The lowest BCUT2D eigenvalue weighted by atomic mass is 10.0. The number of primary amides is 1. The molecule has 0 heterocycles. The van der Waals surface area contributed by atoms with Crippen LogP contribution < -0.4 is 16.4 Å². The molecule has 0 aromatic carbocycles. The van der Waals surface area contributed by atoms with Gasteiger partial charge in [0.2, 0.25) is 11.8 Å². The fourth-order valence-corrected chi connectivity index (χ4v) is 1.78. The lowest BCUT2D eigenvalue weighted by Gasteiger charge is -2.22. The zero-order valence-electron chi connectivity index (χ0n) is 13.0. The van der Waals surface area contributed by atoms with Crippen LogP contribution in [0.25, 0.3) is 0 Å². The third kappa shape index (κ3) is 8.96. The summed E-state index contributed by atoms with van der Waals surface area (Å²) in [6.07, 6.45) is 0.708. The van der Waals surface area contributed by atoms with E-state index in [4.69, 9.17) is 10.5 Å². The van der Waals surface area contributed by atoms with Crippen molar-refractivity contribution in [2.75, 3.05) is 13.2 Å². The molecule has 0 aromatic heterocycles. The highest BCUT2D eigenvalue weighted by Crippen LogP contribution is 2.05. The topological polar surface area (TPSA) is 131 Å². The molecular formula is C14H25N3O5. The Balaban J connectivity index is 4.71. The molecule has 0 aliphatic carbocycles. The summed E-state index contributed by atoms with van der Waals surface area (Å²) in [6, 6.07) is -1.62. The van der Waals surface area contributed by atoms with Crippen molar-refractivity contribution < 1.29 is 24.2 Å². The highest BCUT2D eigenvalue weighted by molar-refractivity contribution is 5.90. The number of alkyl carbamates (subject to hydrolysis) is 1. The van der Waals surface area contributed by atoms with Crippen LogP contribution in [0.4, 0.5) is 4.79 Å². The Morgan fingerprint density at radius 3 is 2.41 bits per heavy atom. The summed E-state index contributed by atoms with van der Waals surface area (Å²) in [4.78, 5) is 34.6. The zero-order chi connectivity index (χ0) is 17.1. The average molecular weight is 315 g/mol. The van der Waals surface area contributed by atoms with E-state index in [0.717, 1.165) is 0 Å². The Hall–Kier alpha value is -2.09. The molecule has 0 saturated carbocycles. The van der Waals surface area contributed by atoms with E-state index in [2.05, 4.69) is 17.2 Å². The molecule has 2 atom stereocenters. The Kier molecular flexibility index (Phi) is 9.60. The van der Waals surface area contributed by atoms with E-state index in [1.165, 1.54) is 6.08 Å². The van der Waals surface area contributed by atoms with Crippen molar-refractivity contribution in [1.29, 1.82) is 0 Å². The molecule has 3 amide bonds. The number of carbonyl (C=O) groups is 3. The minimum Gasteiger partial charge on any atom is -0.445 e. The largest absolute Gasteiger partial charge is 0.445 e. The van der Waals surface area contributed by atoms with Gasteiger partial charge in [-0.2, -0.15) is 0 Å². The summed E-state index contributed by atoms with van der Waals surface area (Å²) in [7, 11) is 0. The van der Waals surface area contributed by atoms with Crippen LogP contribution in [-0.2, 0) is 14.3 Å². The summed E-state index contributed by atoms with van der Waals surface area (Å²) in [5.74, 6) is -1.08. The summed E-state index contributed by atoms with van der Waals surface area (Å²) >= 11 is 0. The normalized spacial score (nSPS) is 13.1. The minimum absolute atomic E-state index is 0.0244. The average Bonchev–Trinajstić information content (AvgIpc) is 2.42. The van der Waals surface area contributed by atoms with Crippen LogP contribution in [0.2, 0.25) is 0 Å². The molecule has 0 aromatic rings. The van der Waals surface area contributed by atoms with Crippen molar-refractivity contribution in [2.45, 2.75) is 38.8 Å². The van der Waals surface area contributed by atoms with E-state index in [-0.39, 0.29) is 25.6 Å². The molecule has 0 bridgehead atoms. The van der Waals surface area contributed by atoms with Gasteiger partial charge < -0.3 is 26.2 Å². The maximum atomic E-state index is 12.1. The van der Waals surface area contributed by atoms with E-state index in [9.17, 15) is 19.5 Å². The second-order valence-corrected chi connectivity index (χ2v) is 5.27. The van der Waals surface area contributed by atoms with Crippen molar-refractivity contribution in [3.8, 4) is 0 Å². The first-order valence-corrected chi connectivity index (χ1v) is 7.03. The van der Waals surface area contributed by atoms with Gasteiger partial charge in [-0.1, -0.05) is 26.5 Å². The Labute approximate surface area is 130 Å². The van der Waals surface area contributed by atoms with E-state index in [1.807, 2.05) is 13.8 Å². The number of amides is 3. The second-order valence-electron chi connectivity index (χ2n) is 5.27. The van der Waals surface area contributed by atoms with Crippen LogP contribution in [0.1, 0.15) is 26.7 Å². The number of nitrogens with two attached hydrogens (primary N) is 1. The first-order chi connectivity index (χ1) is 10.3. The van der Waals surface area contributed by atoms with Crippen LogP contribution in [0, 0.1) is 5.92 Å². The van der Waals surface area contributed by atoms with Crippen LogP contribution in [0.5, 0.6) is 0 Å². The Bertz CT molecular complexity index is 398. The lowest BCUT2D eigenvalue weighted by molar-refractivity contribution is -0.127. The molecule has 0 saturated heterocycles. The van der Waals surface area contributed by atoms with Crippen molar-refractivity contribution in [3.63, 3.8) is 0 Å². The van der Waals surface area contributed by atoms with E-state index in [1.54, 1.807) is 0 Å². The highest BCUT2D eigenvalue weighted by atomic mass is 16.5. The molecule has 126 valence electrons. The fourth-order valence-electron chi connectivity index (χ4n) is 1.78. The van der Waals surface area contributed by atoms with Gasteiger partial charge in [0.15, 0.2) is 0 Å². The third-order valence-electron chi connectivity index (χ3n) is 2.67. The number of rotatable bonds is 10. The molecule has 8 nitrogen and oxygen atoms in total. The van der Waals surface area contributed by atoms with Gasteiger partial charge in [-0.15, -0.1) is 0 Å². The van der Waals surface area contributed by atoms with Gasteiger partial charge in [0.25, 0.3) is 0 Å². The van der Waals surface area contributed by atoms with Crippen LogP contribution in [0.3, 0.4) is 0 Å². The van der Waals surface area contributed by atoms with E-state index in [0.29, 0.717) is 6.42 Å². The fraction of sp³-hybridized carbons (Fsp3) is 0.643. The van der Waals surface area contributed by atoms with Crippen molar-refractivity contribution in [3.05, 3.63) is 12.7 Å². The first kappa shape index (κ1) is 19.9. The number of carbonyl (C=O) groups excluding carboxylic acids is 3. The smallest absolute Gasteiger partial charge is 0.408 e. The Morgan fingerprint density at radius 2 is 1.95 bits per heavy atom. The first-order valence-electron chi connectivity index (χ1n) is 7.03. The van der Waals surface area contributed by atoms with Gasteiger partial charge in [0.05, 0.1) is 19.1 Å². The molecule has 5 N–H and O–H groups in total. The molecule has 8 heteroatoms. The summed E-state index contributed by atoms with van der Waals surface area (Å²) in [5.41, 5.74) is 5.07. The molecule has 0 aliphatic rings. The maximum absolute atomic E-state index is 12.1. The van der Waals surface area contributed by atoms with Gasteiger partial charge in [-0.3, -0.25) is 9.59 Å². The predicted molar refractivity (Wildman–Crippen MR) is 80.8 cm³/mol. The van der Waals surface area contributed by atoms with Crippen molar-refractivity contribution >= 4 is 17.9 Å². The third-order valence-corrected chi connectivity index (χ3v) is 2.67. The van der Waals surface area contributed by atoms with Gasteiger partial charge in [0, 0.05) is 0 Å². The van der Waals surface area contributed by atoms with Crippen LogP contribution in [-0.4, -0.2) is 48.3 Å². The molecule has 0 aliphatic heterocycles. The van der Waals surface area contributed by atoms with Crippen molar-refractivity contribution in [1.82, 2.24) is 10.6 Å². The maximum Gasteiger partial charge on any atom is 0.408 e. The molecule has 0 radical (unpaired) electrons. The standard InChI is InChI=1S/C14H25N3O5/c1-4-5-22-14(21)17-11(7-12(15)19)13(20)16-10(8-18)6-9(2)3/h4,9-11,18H,1,5-8H2,2-3H3,(H2,15,19)(H,16,20)(H,17,21)/t10?,11-/m0/s1. The van der Waals surface area contributed by atoms with Crippen molar-refractivity contribution in [2.24, 2.45) is 11.7 Å². The number of aliphatic hydroxyl groups excluding tert-OH is 1. The predicted octanol–water partition coefficient (Wildman–Crippen LogP) is -0.334. The molecule has 0 fully saturated rings. The summed E-state index contributed by atoms with van der Waals surface area (Å²) in [6.45, 7) is 7.01. The quantitative estimate of drug-likeness (QED) is 0.410. The highest BCUT2D eigenvalue weighted by Gasteiger charge is 2.25. The molecular weight excluding hydrogens is 290 g/mol. The number of hydrogen-bond donors (Lipinski definition) is 4. The van der Waals surface area contributed by atoms with Gasteiger partial charge in [0.1, 0.15) is 12.6 Å². The van der Waals surface area contributed by atoms with Crippen LogP contribution in [0.15, 0.2) is 12.7 Å². The van der Waals surface area contributed by atoms with Crippen LogP contribution >= 0.6 is 0 Å². The molecule has 0 rings (SSSR count). The molecule has 1 unspecified atom stereocenters. The van der Waals surface area contributed by atoms with Gasteiger partial charge >= 0.3 is 6.09 Å². The number of aliphatic hydroxyl groups is 1. The summed E-state index contributed by atoms with van der Waals surface area (Å²) < 4.78 is 4.70. The number of nitrogens with one attached hydrogen (secondary N) is 2. The monoisotopic (exact) mass is 315 g/mol. The van der Waals surface area contributed by atoms with Gasteiger partial charge in [-0.05, 0) is 12.3 Å². The van der Waals surface area contributed by atoms with E-state index < -0.39 is 30.0 Å². The summed E-state index contributed by atoms with van der Waals surface area (Å²) in [5, 5.41) is 14.1. The SMILES string of the molecule is C=CCOC(=O)N[C@@H](CC(N)=O)C(=O)NC(CO)CC(C)C. The lowest BCUT2D eigenvalue weighted by Crippen LogP contribution is -2.52. The molecule has 22 heavy (non-hydrogen) atoms. The Morgan fingerprint density at radius 1 is 1.32 bits per heavy atom. The van der Waals surface area contributed by atoms with E-state index >= 15 is 0 Å². The zero-order valence-corrected chi connectivity index (χ0v) is 13.0. The number of ether oxygens (including phenoxy) is 1. The molecule has 0 spiro atoms.